The minimum Gasteiger partial charge on any atom is -0.298 e. The van der Waals surface area contributed by atoms with Gasteiger partial charge in [0.1, 0.15) is 6.29 Å². The Balaban J connectivity index is 2.52. The summed E-state index contributed by atoms with van der Waals surface area (Å²) in [7, 11) is 0. The van der Waals surface area contributed by atoms with Gasteiger partial charge in [-0.2, -0.15) is 0 Å². The maximum Gasteiger partial charge on any atom is 0.150 e. The average Bonchev–Trinajstić information content (AvgIpc) is 2.34. The predicted octanol–water partition coefficient (Wildman–Crippen LogP) is 4.78. The van der Waals surface area contributed by atoms with E-state index in [4.69, 9.17) is 23.2 Å². The van der Waals surface area contributed by atoms with E-state index in [2.05, 4.69) is 0 Å². The van der Waals surface area contributed by atoms with E-state index in [0.29, 0.717) is 15.6 Å². The molecule has 2 aromatic carbocycles. The molecule has 0 aromatic heterocycles. The Kier molecular flexibility index (Phi) is 3.51. The maximum absolute atomic E-state index is 10.6. The van der Waals surface area contributed by atoms with E-state index in [1.54, 1.807) is 18.2 Å². The summed E-state index contributed by atoms with van der Waals surface area (Å²) in [5.41, 5.74) is 3.52. The molecule has 0 aliphatic heterocycles. The Morgan fingerprint density at radius 2 is 1.65 bits per heavy atom. The molecule has 0 spiro atoms. The molecule has 0 atom stereocenters. The zero-order chi connectivity index (χ0) is 12.4. The lowest BCUT2D eigenvalue weighted by atomic mass is 10.0. The number of carbonyl (C=O) groups excluding carboxylic acids is 1. The zero-order valence-electron chi connectivity index (χ0n) is 9.21. The minimum absolute atomic E-state index is 0.611. The number of hydrogen-bond donors (Lipinski definition) is 0. The Morgan fingerprint density at radius 1 is 1.00 bits per heavy atom. The zero-order valence-corrected chi connectivity index (χ0v) is 10.7. The minimum atomic E-state index is 0.611. The topological polar surface area (TPSA) is 17.1 Å². The molecule has 0 N–H and O–H groups in total. The van der Waals surface area contributed by atoms with Gasteiger partial charge in [0.05, 0.1) is 0 Å². The number of halogens is 2. The van der Waals surface area contributed by atoms with Gasteiger partial charge < -0.3 is 0 Å². The Hall–Kier alpha value is -1.31. The summed E-state index contributed by atoms with van der Waals surface area (Å²) in [4.78, 5) is 10.6. The van der Waals surface area contributed by atoms with Crippen molar-refractivity contribution in [1.29, 1.82) is 0 Å². The molecule has 86 valence electrons. The van der Waals surface area contributed by atoms with E-state index >= 15 is 0 Å². The van der Waals surface area contributed by atoms with Gasteiger partial charge in [0.2, 0.25) is 0 Å². The molecule has 0 saturated heterocycles. The monoisotopic (exact) mass is 264 g/mol. The number of aldehydes is 1. The fourth-order valence-electron chi connectivity index (χ4n) is 1.62. The van der Waals surface area contributed by atoms with E-state index < -0.39 is 0 Å². The summed E-state index contributed by atoms with van der Waals surface area (Å²) in [5.74, 6) is 0. The third-order valence-electron chi connectivity index (χ3n) is 2.61. The van der Waals surface area contributed by atoms with E-state index in [1.165, 1.54) is 0 Å². The first-order chi connectivity index (χ1) is 8.11. The highest BCUT2D eigenvalue weighted by Crippen LogP contribution is 2.32. The lowest BCUT2D eigenvalue weighted by Gasteiger charge is -2.07. The largest absolute Gasteiger partial charge is 0.298 e. The van der Waals surface area contributed by atoms with Gasteiger partial charge in [-0.25, -0.2) is 0 Å². The SMILES string of the molecule is Cc1cc(-c2ccc(C=O)cc2)c(Cl)cc1Cl. The van der Waals surface area contributed by atoms with Crippen molar-refractivity contribution in [2.24, 2.45) is 0 Å². The summed E-state index contributed by atoms with van der Waals surface area (Å²) >= 11 is 12.1. The molecule has 0 aliphatic rings. The normalized spacial score (nSPS) is 10.3. The van der Waals surface area contributed by atoms with Crippen LogP contribution >= 0.6 is 23.2 Å². The van der Waals surface area contributed by atoms with E-state index in [0.717, 1.165) is 23.0 Å². The molecule has 0 saturated carbocycles. The van der Waals surface area contributed by atoms with Crippen molar-refractivity contribution in [3.63, 3.8) is 0 Å². The highest BCUT2D eigenvalue weighted by Gasteiger charge is 2.06. The maximum atomic E-state index is 10.6. The molecule has 0 amide bonds. The molecule has 0 unspecified atom stereocenters. The Labute approximate surface area is 110 Å². The van der Waals surface area contributed by atoms with Crippen molar-refractivity contribution < 1.29 is 4.79 Å². The molecule has 0 radical (unpaired) electrons. The molecule has 0 bridgehead atoms. The average molecular weight is 265 g/mol. The fraction of sp³-hybridized carbons (Fsp3) is 0.0714. The molecule has 17 heavy (non-hydrogen) atoms. The van der Waals surface area contributed by atoms with Gasteiger partial charge >= 0.3 is 0 Å². The van der Waals surface area contributed by atoms with Crippen molar-refractivity contribution in [3.05, 3.63) is 57.6 Å². The van der Waals surface area contributed by atoms with Crippen LogP contribution in [0.15, 0.2) is 36.4 Å². The molecule has 1 nitrogen and oxygen atoms in total. The number of hydrogen-bond acceptors (Lipinski definition) is 1. The highest BCUT2D eigenvalue weighted by molar-refractivity contribution is 6.36. The summed E-state index contributed by atoms with van der Waals surface area (Å²) in [6, 6.07) is 11.0. The lowest BCUT2D eigenvalue weighted by Crippen LogP contribution is -1.85. The number of aryl methyl sites for hydroxylation is 1. The van der Waals surface area contributed by atoms with E-state index in [9.17, 15) is 4.79 Å². The molecule has 0 heterocycles. The van der Waals surface area contributed by atoms with E-state index in [-0.39, 0.29) is 0 Å². The van der Waals surface area contributed by atoms with E-state index in [1.807, 2.05) is 25.1 Å². The summed E-state index contributed by atoms with van der Waals surface area (Å²) in [6.45, 7) is 1.93. The quantitative estimate of drug-likeness (QED) is 0.714. The second-order valence-corrected chi connectivity index (χ2v) is 4.64. The fourth-order valence-corrected chi connectivity index (χ4v) is 2.11. The van der Waals surface area contributed by atoms with Crippen molar-refractivity contribution in [2.45, 2.75) is 6.92 Å². The van der Waals surface area contributed by atoms with Gasteiger partial charge in [-0.1, -0.05) is 47.5 Å². The molecule has 0 aliphatic carbocycles. The van der Waals surface area contributed by atoms with Gasteiger partial charge in [0.15, 0.2) is 0 Å². The summed E-state index contributed by atoms with van der Waals surface area (Å²) in [5, 5.41) is 1.27. The molecule has 2 aromatic rings. The smallest absolute Gasteiger partial charge is 0.150 e. The van der Waals surface area contributed by atoms with Crippen LogP contribution in [0, 0.1) is 6.92 Å². The Bertz CT molecular complexity index is 559. The van der Waals surface area contributed by atoms with Crippen molar-refractivity contribution in [1.82, 2.24) is 0 Å². The van der Waals surface area contributed by atoms with Crippen LogP contribution in [0.5, 0.6) is 0 Å². The van der Waals surface area contributed by atoms with Crippen LogP contribution in [0.25, 0.3) is 11.1 Å². The molecule has 2 rings (SSSR count). The van der Waals surface area contributed by atoms with Gasteiger partial charge in [0, 0.05) is 21.2 Å². The standard InChI is InChI=1S/C14H10Cl2O/c1-9-6-12(14(16)7-13(9)15)11-4-2-10(8-17)3-5-11/h2-8H,1H3. The molecule has 3 heteroatoms. The van der Waals surface area contributed by atoms with Crippen LogP contribution in [-0.4, -0.2) is 6.29 Å². The second kappa shape index (κ2) is 4.91. The molecular weight excluding hydrogens is 255 g/mol. The van der Waals surface area contributed by atoms with Gasteiger partial charge in [-0.3, -0.25) is 4.79 Å². The summed E-state index contributed by atoms with van der Waals surface area (Å²) < 4.78 is 0. The first kappa shape index (κ1) is 12.2. The first-order valence-electron chi connectivity index (χ1n) is 5.13. The first-order valence-corrected chi connectivity index (χ1v) is 5.88. The van der Waals surface area contributed by atoms with Crippen molar-refractivity contribution in [2.75, 3.05) is 0 Å². The van der Waals surface area contributed by atoms with Crippen LogP contribution in [0.3, 0.4) is 0 Å². The van der Waals surface area contributed by atoms with Crippen LogP contribution in [0.2, 0.25) is 10.0 Å². The summed E-state index contributed by atoms with van der Waals surface area (Å²) in [6.07, 6.45) is 0.818. The second-order valence-electron chi connectivity index (χ2n) is 3.82. The highest BCUT2D eigenvalue weighted by atomic mass is 35.5. The molecule has 0 fully saturated rings. The number of carbonyl (C=O) groups is 1. The van der Waals surface area contributed by atoms with Crippen LogP contribution in [0.1, 0.15) is 15.9 Å². The Morgan fingerprint density at radius 3 is 2.24 bits per heavy atom. The third-order valence-corrected chi connectivity index (χ3v) is 3.33. The van der Waals surface area contributed by atoms with Crippen LogP contribution < -0.4 is 0 Å². The van der Waals surface area contributed by atoms with Crippen molar-refractivity contribution >= 4 is 29.5 Å². The molecular formula is C14H10Cl2O. The lowest BCUT2D eigenvalue weighted by molar-refractivity contribution is 0.112. The number of benzene rings is 2. The van der Waals surface area contributed by atoms with Crippen molar-refractivity contribution in [3.8, 4) is 11.1 Å². The number of rotatable bonds is 2. The predicted molar refractivity (Wildman–Crippen MR) is 72.0 cm³/mol. The van der Waals surface area contributed by atoms with Crippen LogP contribution in [-0.2, 0) is 0 Å². The van der Waals surface area contributed by atoms with Gasteiger partial charge in [-0.05, 0) is 30.2 Å². The van der Waals surface area contributed by atoms with Gasteiger partial charge in [0.25, 0.3) is 0 Å². The van der Waals surface area contributed by atoms with Gasteiger partial charge in [-0.15, -0.1) is 0 Å². The third kappa shape index (κ3) is 2.51. The van der Waals surface area contributed by atoms with Crippen LogP contribution in [0.4, 0.5) is 0 Å².